The smallest absolute Gasteiger partial charge is 0.356 e. The number of hydrogen-bond acceptors (Lipinski definition) is 3. The summed E-state index contributed by atoms with van der Waals surface area (Å²) in [6, 6.07) is 1.95. The van der Waals surface area contributed by atoms with E-state index in [0.29, 0.717) is 17.7 Å². The van der Waals surface area contributed by atoms with Crippen molar-refractivity contribution in [3.8, 4) is 0 Å². The van der Waals surface area contributed by atoms with Gasteiger partial charge >= 0.3 is 5.97 Å². The van der Waals surface area contributed by atoms with Gasteiger partial charge in [0, 0.05) is 12.7 Å². The van der Waals surface area contributed by atoms with Crippen LogP contribution in [0.5, 0.6) is 0 Å². The lowest BCUT2D eigenvalue weighted by atomic mass is 9.49. The second-order valence-corrected chi connectivity index (χ2v) is 7.76. The van der Waals surface area contributed by atoms with Gasteiger partial charge in [0.25, 0.3) is 0 Å². The summed E-state index contributed by atoms with van der Waals surface area (Å²) in [5.74, 6) is 2.62. The van der Waals surface area contributed by atoms with Gasteiger partial charge < -0.3 is 15.0 Å². The third kappa shape index (κ3) is 2.42. The van der Waals surface area contributed by atoms with Gasteiger partial charge in [-0.1, -0.05) is 0 Å². The molecule has 5 rings (SSSR count). The largest absolute Gasteiger partial charge is 0.461 e. The maximum absolute atomic E-state index is 12.0. The van der Waals surface area contributed by atoms with Crippen LogP contribution >= 0.6 is 0 Å². The van der Waals surface area contributed by atoms with Crippen LogP contribution in [0.25, 0.3) is 0 Å². The number of ether oxygens (including phenoxy) is 1. The van der Waals surface area contributed by atoms with Crippen LogP contribution in [0.1, 0.15) is 55.9 Å². The van der Waals surface area contributed by atoms with Gasteiger partial charge in [-0.3, -0.25) is 0 Å². The van der Waals surface area contributed by atoms with Crippen LogP contribution in [0.4, 0.5) is 5.69 Å². The SMILES string of the molecule is CCOC(=O)c1[nH]ccc1NCC12CC3CC(CC(C3)C1)C2. The number of rotatable bonds is 5. The third-order valence-electron chi connectivity index (χ3n) is 6.05. The molecule has 4 aliphatic rings. The molecular weight excluding hydrogens is 276 g/mol. The number of anilines is 1. The minimum atomic E-state index is -0.263. The molecule has 4 nitrogen and oxygen atoms in total. The fourth-order valence-electron chi connectivity index (χ4n) is 5.68. The van der Waals surface area contributed by atoms with Crippen molar-refractivity contribution in [3.63, 3.8) is 0 Å². The van der Waals surface area contributed by atoms with E-state index in [-0.39, 0.29) is 5.97 Å². The molecule has 0 spiro atoms. The third-order valence-corrected chi connectivity index (χ3v) is 6.05. The molecule has 0 atom stereocenters. The maximum Gasteiger partial charge on any atom is 0.356 e. The lowest BCUT2D eigenvalue weighted by Gasteiger charge is -2.57. The fourth-order valence-corrected chi connectivity index (χ4v) is 5.68. The standard InChI is InChI=1S/C18H26N2O2/c1-2-22-17(21)16-15(3-4-19-16)20-11-18-8-12-5-13(9-18)7-14(6-12)10-18/h3-4,12-14,19-20H,2,5-11H2,1H3. The molecular formula is C18H26N2O2. The van der Waals surface area contributed by atoms with E-state index >= 15 is 0 Å². The highest BCUT2D eigenvalue weighted by Crippen LogP contribution is 2.59. The van der Waals surface area contributed by atoms with Gasteiger partial charge in [-0.25, -0.2) is 4.79 Å². The Morgan fingerprint density at radius 3 is 2.50 bits per heavy atom. The molecule has 0 unspecified atom stereocenters. The fraction of sp³-hybridized carbons (Fsp3) is 0.722. The molecule has 4 bridgehead atoms. The molecule has 4 saturated carbocycles. The summed E-state index contributed by atoms with van der Waals surface area (Å²) in [6.07, 6.45) is 10.4. The van der Waals surface area contributed by atoms with Crippen LogP contribution < -0.4 is 5.32 Å². The summed E-state index contributed by atoms with van der Waals surface area (Å²) in [4.78, 5) is 15.0. The number of nitrogens with one attached hydrogen (secondary N) is 2. The lowest BCUT2D eigenvalue weighted by molar-refractivity contribution is -0.0444. The first-order valence-corrected chi connectivity index (χ1v) is 8.76. The van der Waals surface area contributed by atoms with Gasteiger partial charge in [-0.2, -0.15) is 0 Å². The van der Waals surface area contributed by atoms with Crippen LogP contribution in [-0.2, 0) is 4.74 Å². The molecule has 0 radical (unpaired) electrons. The second-order valence-electron chi connectivity index (χ2n) is 7.76. The second kappa shape index (κ2) is 5.32. The molecule has 0 amide bonds. The molecule has 0 aliphatic heterocycles. The van der Waals surface area contributed by atoms with E-state index in [2.05, 4.69) is 10.3 Å². The molecule has 22 heavy (non-hydrogen) atoms. The van der Waals surface area contributed by atoms with Crippen LogP contribution in [-0.4, -0.2) is 24.1 Å². The van der Waals surface area contributed by atoms with Crippen molar-refractivity contribution in [2.45, 2.75) is 45.4 Å². The van der Waals surface area contributed by atoms with Gasteiger partial charge in [-0.05, 0) is 74.7 Å². The zero-order valence-corrected chi connectivity index (χ0v) is 13.4. The molecule has 1 aromatic rings. The highest BCUT2D eigenvalue weighted by molar-refractivity contribution is 5.93. The van der Waals surface area contributed by atoms with Crippen LogP contribution in [0.2, 0.25) is 0 Å². The Balaban J connectivity index is 1.45. The van der Waals surface area contributed by atoms with E-state index in [1.807, 2.05) is 19.2 Å². The minimum Gasteiger partial charge on any atom is -0.461 e. The zero-order valence-electron chi connectivity index (χ0n) is 13.4. The zero-order chi connectivity index (χ0) is 15.2. The molecule has 4 heteroatoms. The van der Waals surface area contributed by atoms with Crippen molar-refractivity contribution in [2.24, 2.45) is 23.2 Å². The van der Waals surface area contributed by atoms with Crippen LogP contribution in [0.15, 0.2) is 12.3 Å². The summed E-state index contributed by atoms with van der Waals surface area (Å²) in [7, 11) is 0. The molecule has 1 heterocycles. The first kappa shape index (κ1) is 14.2. The van der Waals surface area contributed by atoms with Gasteiger partial charge in [0.2, 0.25) is 0 Å². The Morgan fingerprint density at radius 2 is 1.91 bits per heavy atom. The average Bonchev–Trinajstić information content (AvgIpc) is 2.92. The van der Waals surface area contributed by atoms with Crippen molar-refractivity contribution >= 4 is 11.7 Å². The monoisotopic (exact) mass is 302 g/mol. The average molecular weight is 302 g/mol. The summed E-state index contributed by atoms with van der Waals surface area (Å²) >= 11 is 0. The molecule has 4 fully saturated rings. The Labute approximate surface area is 132 Å². The molecule has 4 aliphatic carbocycles. The number of esters is 1. The van der Waals surface area contributed by atoms with Gasteiger partial charge in [0.1, 0.15) is 5.69 Å². The summed E-state index contributed by atoms with van der Waals surface area (Å²) in [6.45, 7) is 3.25. The highest BCUT2D eigenvalue weighted by atomic mass is 16.5. The molecule has 0 aromatic carbocycles. The van der Waals surface area contributed by atoms with E-state index < -0.39 is 0 Å². The van der Waals surface area contributed by atoms with E-state index in [1.54, 1.807) is 0 Å². The number of hydrogen-bond donors (Lipinski definition) is 2. The Kier molecular flexibility index (Phi) is 3.43. The lowest BCUT2D eigenvalue weighted by Crippen LogP contribution is -2.49. The van der Waals surface area contributed by atoms with E-state index in [0.717, 1.165) is 30.0 Å². The van der Waals surface area contributed by atoms with Crippen LogP contribution in [0.3, 0.4) is 0 Å². The Hall–Kier alpha value is -1.45. The first-order chi connectivity index (χ1) is 10.7. The van der Waals surface area contributed by atoms with Crippen molar-refractivity contribution < 1.29 is 9.53 Å². The maximum atomic E-state index is 12.0. The van der Waals surface area contributed by atoms with Crippen molar-refractivity contribution in [2.75, 3.05) is 18.5 Å². The molecule has 2 N–H and O–H groups in total. The van der Waals surface area contributed by atoms with Crippen LogP contribution in [0, 0.1) is 23.2 Å². The summed E-state index contributed by atoms with van der Waals surface area (Å²) in [5, 5.41) is 3.56. The minimum absolute atomic E-state index is 0.263. The predicted molar refractivity (Wildman–Crippen MR) is 85.8 cm³/mol. The number of aromatic nitrogens is 1. The Morgan fingerprint density at radius 1 is 1.27 bits per heavy atom. The molecule has 0 saturated heterocycles. The number of carbonyl (C=O) groups is 1. The van der Waals surface area contributed by atoms with Gasteiger partial charge in [0.05, 0.1) is 12.3 Å². The van der Waals surface area contributed by atoms with Gasteiger partial charge in [-0.15, -0.1) is 0 Å². The van der Waals surface area contributed by atoms with E-state index in [4.69, 9.17) is 4.74 Å². The summed E-state index contributed by atoms with van der Waals surface area (Å²) in [5.41, 5.74) is 1.93. The Bertz CT molecular complexity index is 528. The molecule has 1 aromatic heterocycles. The number of carbonyl (C=O) groups excluding carboxylic acids is 1. The molecule has 120 valence electrons. The van der Waals surface area contributed by atoms with E-state index in [1.165, 1.54) is 38.5 Å². The highest BCUT2D eigenvalue weighted by Gasteiger charge is 2.50. The first-order valence-electron chi connectivity index (χ1n) is 8.76. The topological polar surface area (TPSA) is 54.1 Å². The quantitative estimate of drug-likeness (QED) is 0.813. The van der Waals surface area contributed by atoms with Gasteiger partial charge in [0.15, 0.2) is 0 Å². The van der Waals surface area contributed by atoms with E-state index in [9.17, 15) is 4.79 Å². The van der Waals surface area contributed by atoms with Crippen molar-refractivity contribution in [3.05, 3.63) is 18.0 Å². The van der Waals surface area contributed by atoms with Crippen molar-refractivity contribution in [1.82, 2.24) is 4.98 Å². The summed E-state index contributed by atoms with van der Waals surface area (Å²) < 4.78 is 5.11. The number of aromatic amines is 1. The normalized spacial score (nSPS) is 35.6. The number of H-pyrrole nitrogens is 1. The predicted octanol–water partition coefficient (Wildman–Crippen LogP) is 3.82. The van der Waals surface area contributed by atoms with Crippen molar-refractivity contribution in [1.29, 1.82) is 0 Å².